The molecule has 2 aliphatic heterocycles. The van der Waals surface area contributed by atoms with Crippen molar-refractivity contribution >= 4 is 41.5 Å². The number of carboxylic acid groups (broad SMARTS) is 2. The molecule has 17 heteroatoms. The number of hydrogen-bond donors (Lipinski definition) is 7. The Bertz CT molecular complexity index is 1700. The molecule has 17 nitrogen and oxygen atoms in total. The number of rotatable bonds is 23. The molecule has 6 atom stereocenters. The number of carboxylic acids is 2. The van der Waals surface area contributed by atoms with Crippen LogP contribution in [-0.4, -0.2) is 142 Å². The number of aliphatic carboxylic acids is 2. The number of carbonyl (C=O) groups is 7. The molecule has 0 aliphatic carbocycles. The lowest BCUT2D eigenvalue weighted by molar-refractivity contribution is -0.164. The van der Waals surface area contributed by atoms with E-state index in [1.165, 1.54) is 4.90 Å². The summed E-state index contributed by atoms with van der Waals surface area (Å²) in [5, 5.41) is 26.9. The van der Waals surface area contributed by atoms with E-state index in [0.29, 0.717) is 25.8 Å². The average Bonchev–Trinajstić information content (AvgIpc) is 3.16. The minimum absolute atomic E-state index is 0.0379. The number of carbonyl (C=O) groups excluding carboxylic acids is 5. The van der Waals surface area contributed by atoms with Gasteiger partial charge in [0.2, 0.25) is 29.5 Å². The molecule has 9 N–H and O–H groups in total. The fourth-order valence-corrected chi connectivity index (χ4v) is 7.49. The number of nitrogens with one attached hydrogen (secondary N) is 3. The first-order valence-electron chi connectivity index (χ1n) is 19.9. The minimum Gasteiger partial charge on any atom is -0.480 e. The maximum absolute atomic E-state index is 14.2. The van der Waals surface area contributed by atoms with Gasteiger partial charge in [-0.05, 0) is 62.1 Å². The number of piperidine rings is 1. The van der Waals surface area contributed by atoms with Gasteiger partial charge >= 0.3 is 11.9 Å². The molecule has 2 fully saturated rings. The van der Waals surface area contributed by atoms with Gasteiger partial charge in [0.25, 0.3) is 0 Å². The minimum atomic E-state index is -1.26. The van der Waals surface area contributed by atoms with E-state index in [2.05, 4.69) is 16.0 Å². The molecule has 58 heavy (non-hydrogen) atoms. The Labute approximate surface area is 338 Å². The van der Waals surface area contributed by atoms with Gasteiger partial charge in [0.15, 0.2) is 0 Å². The summed E-state index contributed by atoms with van der Waals surface area (Å²) in [6.07, 6.45) is 2.71. The summed E-state index contributed by atoms with van der Waals surface area (Å²) in [7, 11) is 0. The van der Waals surface area contributed by atoms with Gasteiger partial charge < -0.3 is 47.4 Å². The van der Waals surface area contributed by atoms with Crippen LogP contribution in [0.3, 0.4) is 0 Å². The monoisotopic (exact) mass is 806 g/mol. The third kappa shape index (κ3) is 13.6. The lowest BCUT2D eigenvalue weighted by Crippen LogP contribution is -2.73. The first kappa shape index (κ1) is 45.3. The second kappa shape index (κ2) is 21.9. The molecule has 2 aliphatic rings. The zero-order chi connectivity index (χ0) is 42.4. The Balaban J connectivity index is 1.45. The van der Waals surface area contributed by atoms with Crippen molar-refractivity contribution in [2.45, 2.75) is 95.0 Å². The van der Waals surface area contributed by atoms with Gasteiger partial charge in [0.1, 0.15) is 18.1 Å². The van der Waals surface area contributed by atoms with Gasteiger partial charge in [0.05, 0.1) is 37.8 Å². The third-order valence-electron chi connectivity index (χ3n) is 10.3. The summed E-state index contributed by atoms with van der Waals surface area (Å²) in [6.45, 7) is 2.91. The standard InChI is InChI=1S/C41H58N8O9/c1-26(2)17-33(46-40(57)34(19-28-13-7-4-8-14-28)45-38(55)31(43)18-27-11-5-3-6-12-27)39(56)44-32(15-9-10-16-42)41(58)49-29-20-30(49)22-48(21-29)35(50)23-47(24-36(51)52)25-37(53)54/h3-8,11-14,26,29-34H,9-10,15-25,42-43H2,1-2H3,(H,44,56)(H,45,55)(H,46,57)(H,51,52)(H,53,54). The predicted octanol–water partition coefficient (Wildman–Crippen LogP) is -0.288. The Morgan fingerprint density at radius 3 is 1.78 bits per heavy atom. The summed E-state index contributed by atoms with van der Waals surface area (Å²) in [5.41, 5.74) is 13.7. The highest BCUT2D eigenvalue weighted by molar-refractivity contribution is 5.95. The fraction of sp³-hybridized carbons (Fsp3) is 0.537. The molecule has 2 heterocycles. The van der Waals surface area contributed by atoms with Crippen LogP contribution in [0, 0.1) is 5.92 Å². The van der Waals surface area contributed by atoms with E-state index in [4.69, 9.17) is 21.7 Å². The van der Waals surface area contributed by atoms with Crippen LogP contribution in [0.4, 0.5) is 0 Å². The molecule has 316 valence electrons. The number of nitrogens with zero attached hydrogens (tertiary/aromatic N) is 3. The van der Waals surface area contributed by atoms with Gasteiger partial charge in [-0.15, -0.1) is 0 Å². The number of unbranched alkanes of at least 4 members (excludes halogenated alkanes) is 1. The van der Waals surface area contributed by atoms with Gasteiger partial charge in [-0.2, -0.15) is 0 Å². The number of likely N-dealkylation sites (tertiary alicyclic amines) is 2. The number of piperazine rings is 1. The van der Waals surface area contributed by atoms with Crippen molar-refractivity contribution in [1.29, 1.82) is 0 Å². The maximum atomic E-state index is 14.2. The smallest absolute Gasteiger partial charge is 0.317 e. The Hall–Kier alpha value is -5.39. The molecule has 0 spiro atoms. The average molecular weight is 807 g/mol. The second-order valence-electron chi connectivity index (χ2n) is 15.6. The zero-order valence-corrected chi connectivity index (χ0v) is 33.3. The predicted molar refractivity (Wildman–Crippen MR) is 214 cm³/mol. The van der Waals surface area contributed by atoms with Crippen molar-refractivity contribution in [2.24, 2.45) is 17.4 Å². The zero-order valence-electron chi connectivity index (χ0n) is 33.3. The SMILES string of the molecule is CC(C)CC(NC(=O)C(Cc1ccccc1)NC(=O)C(N)Cc1ccccc1)C(=O)NC(CCCCN)C(=O)N1C2CC1CN(C(=O)CN(CC(=O)O)CC(=O)O)C2. The summed E-state index contributed by atoms with van der Waals surface area (Å²) in [4.78, 5) is 95.4. The maximum Gasteiger partial charge on any atom is 0.317 e. The van der Waals surface area contributed by atoms with Crippen molar-refractivity contribution in [1.82, 2.24) is 30.7 Å². The highest BCUT2D eigenvalue weighted by Crippen LogP contribution is 2.33. The van der Waals surface area contributed by atoms with E-state index >= 15 is 0 Å². The van der Waals surface area contributed by atoms with Crippen LogP contribution >= 0.6 is 0 Å². The summed E-state index contributed by atoms with van der Waals surface area (Å²) in [6, 6.07) is 13.8. The van der Waals surface area contributed by atoms with Gasteiger partial charge in [0, 0.05) is 19.5 Å². The molecule has 2 aromatic carbocycles. The first-order chi connectivity index (χ1) is 27.6. The van der Waals surface area contributed by atoms with Gasteiger partial charge in [-0.1, -0.05) is 74.5 Å². The Morgan fingerprint density at radius 2 is 1.24 bits per heavy atom. The molecule has 6 unspecified atom stereocenters. The molecule has 2 bridgehead atoms. The van der Waals surface area contributed by atoms with Crippen molar-refractivity contribution < 1.29 is 43.8 Å². The van der Waals surface area contributed by atoms with Crippen LogP contribution in [-0.2, 0) is 46.4 Å². The Morgan fingerprint density at radius 1 is 0.724 bits per heavy atom. The van der Waals surface area contributed by atoms with Crippen molar-refractivity contribution in [2.75, 3.05) is 39.3 Å². The quantitative estimate of drug-likeness (QED) is 0.0716. The van der Waals surface area contributed by atoms with E-state index in [-0.39, 0.29) is 62.7 Å². The molecule has 2 aromatic rings. The highest BCUT2D eigenvalue weighted by Gasteiger charge is 2.50. The van der Waals surface area contributed by atoms with Crippen LogP contribution < -0.4 is 27.4 Å². The summed E-state index contributed by atoms with van der Waals surface area (Å²) in [5.74, 6) is -4.98. The summed E-state index contributed by atoms with van der Waals surface area (Å²) >= 11 is 0. The van der Waals surface area contributed by atoms with E-state index in [0.717, 1.165) is 16.0 Å². The van der Waals surface area contributed by atoms with Crippen molar-refractivity contribution in [3.63, 3.8) is 0 Å². The summed E-state index contributed by atoms with van der Waals surface area (Å²) < 4.78 is 0. The molecular weight excluding hydrogens is 748 g/mol. The van der Waals surface area contributed by atoms with Crippen LogP contribution in [0.1, 0.15) is 57.1 Å². The van der Waals surface area contributed by atoms with E-state index < -0.39 is 79.4 Å². The topological polar surface area (TPSA) is 258 Å². The normalized spacial score (nSPS) is 18.0. The second-order valence-corrected chi connectivity index (χ2v) is 15.6. The molecular formula is C41H58N8O9. The number of benzene rings is 2. The lowest BCUT2D eigenvalue weighted by Gasteiger charge is -2.57. The van der Waals surface area contributed by atoms with Gasteiger partial charge in [-0.3, -0.25) is 38.5 Å². The number of nitrogens with two attached hydrogens (primary N) is 2. The molecule has 0 radical (unpaired) electrons. The number of fused-ring (bicyclic) bond motifs is 2. The fourth-order valence-electron chi connectivity index (χ4n) is 7.49. The van der Waals surface area contributed by atoms with Gasteiger partial charge in [-0.25, -0.2) is 0 Å². The van der Waals surface area contributed by atoms with Crippen molar-refractivity contribution in [3.8, 4) is 0 Å². The first-order valence-corrected chi connectivity index (χ1v) is 19.9. The molecule has 0 saturated carbocycles. The van der Waals surface area contributed by atoms with E-state index in [1.807, 2.05) is 74.5 Å². The number of amides is 5. The van der Waals surface area contributed by atoms with Crippen LogP contribution in [0.5, 0.6) is 0 Å². The van der Waals surface area contributed by atoms with E-state index in [1.54, 1.807) is 4.90 Å². The Kier molecular flexibility index (Phi) is 17.1. The number of hydrogen-bond acceptors (Lipinski definition) is 10. The molecule has 4 rings (SSSR count). The van der Waals surface area contributed by atoms with Crippen LogP contribution in [0.15, 0.2) is 60.7 Å². The molecule has 5 amide bonds. The van der Waals surface area contributed by atoms with E-state index in [9.17, 15) is 33.6 Å². The lowest BCUT2D eigenvalue weighted by atomic mass is 9.86. The molecule has 2 saturated heterocycles. The van der Waals surface area contributed by atoms with Crippen molar-refractivity contribution in [3.05, 3.63) is 71.8 Å². The third-order valence-corrected chi connectivity index (χ3v) is 10.3. The van der Waals surface area contributed by atoms with Crippen LogP contribution in [0.2, 0.25) is 0 Å². The molecule has 0 aromatic heterocycles. The van der Waals surface area contributed by atoms with Crippen LogP contribution in [0.25, 0.3) is 0 Å². The largest absolute Gasteiger partial charge is 0.480 e. The highest BCUT2D eigenvalue weighted by atomic mass is 16.4.